The molecule has 1 atom stereocenters. The lowest BCUT2D eigenvalue weighted by Crippen LogP contribution is -2.43. The van der Waals surface area contributed by atoms with E-state index < -0.39 is 20.9 Å². The minimum atomic E-state index is -4.40. The number of nitro benzene ring substituents is 1. The third kappa shape index (κ3) is 10.8. The van der Waals surface area contributed by atoms with Crippen LogP contribution >= 0.6 is 11.8 Å². The molecule has 1 heterocycles. The second kappa shape index (κ2) is 17.7. The van der Waals surface area contributed by atoms with Crippen LogP contribution in [0, 0.1) is 10.1 Å². The summed E-state index contributed by atoms with van der Waals surface area (Å²) in [6, 6.07) is 31.2. The van der Waals surface area contributed by atoms with Crippen LogP contribution in [-0.4, -0.2) is 87.7 Å². The zero-order valence-corrected chi connectivity index (χ0v) is 30.9. The summed E-state index contributed by atoms with van der Waals surface area (Å²) in [4.78, 5) is 32.0. The molecule has 0 saturated carbocycles. The first-order valence-electron chi connectivity index (χ1n) is 17.0. The fraction of sp³-hybridized carbons (Fsp3) is 0.342. The van der Waals surface area contributed by atoms with Gasteiger partial charge in [0.25, 0.3) is 21.6 Å². The number of thioether (sulfide) groups is 1. The highest BCUT2D eigenvalue weighted by molar-refractivity contribution is 7.99. The fourth-order valence-corrected chi connectivity index (χ4v) is 8.11. The van der Waals surface area contributed by atoms with Crippen molar-refractivity contribution in [2.24, 2.45) is 0 Å². The van der Waals surface area contributed by atoms with Crippen molar-refractivity contribution in [3.8, 4) is 0 Å². The number of nitrogens with one attached hydrogen (secondary N) is 2. The average Bonchev–Trinajstić information content (AvgIpc) is 3.13. The van der Waals surface area contributed by atoms with Gasteiger partial charge < -0.3 is 15.1 Å². The van der Waals surface area contributed by atoms with E-state index in [0.29, 0.717) is 18.2 Å². The van der Waals surface area contributed by atoms with Crippen molar-refractivity contribution in [3.63, 3.8) is 0 Å². The van der Waals surface area contributed by atoms with Crippen molar-refractivity contribution in [1.82, 2.24) is 14.5 Å². The smallest absolute Gasteiger partial charge is 0.293 e. The third-order valence-electron chi connectivity index (χ3n) is 9.04. The Morgan fingerprint density at radius 3 is 2.22 bits per heavy atom. The topological polar surface area (TPSA) is 128 Å². The molecule has 0 aromatic heterocycles. The minimum absolute atomic E-state index is 0.131. The Balaban J connectivity index is 1.20. The van der Waals surface area contributed by atoms with Gasteiger partial charge in [0.05, 0.1) is 9.82 Å². The number of rotatable bonds is 16. The van der Waals surface area contributed by atoms with E-state index in [1.807, 2.05) is 67.5 Å². The molecule has 4 aromatic rings. The summed E-state index contributed by atoms with van der Waals surface area (Å²) >= 11 is 1.64. The zero-order chi connectivity index (χ0) is 36.4. The molecule has 1 aliphatic heterocycles. The lowest BCUT2D eigenvalue weighted by Gasteiger charge is -2.38. The van der Waals surface area contributed by atoms with Gasteiger partial charge in [-0.25, -0.2) is 13.1 Å². The number of nitrogens with zero attached hydrogens (tertiary/aromatic N) is 4. The summed E-state index contributed by atoms with van der Waals surface area (Å²) in [5.74, 6) is -0.164. The van der Waals surface area contributed by atoms with Crippen molar-refractivity contribution in [2.75, 3.05) is 56.7 Å². The predicted octanol–water partition coefficient (Wildman–Crippen LogP) is 6.34. The highest BCUT2D eigenvalue weighted by atomic mass is 32.2. The van der Waals surface area contributed by atoms with Gasteiger partial charge in [0.2, 0.25) is 0 Å². The van der Waals surface area contributed by atoms with E-state index in [4.69, 9.17) is 0 Å². The Morgan fingerprint density at radius 1 is 0.941 bits per heavy atom. The third-order valence-corrected chi connectivity index (χ3v) is 11.5. The van der Waals surface area contributed by atoms with Gasteiger partial charge in [-0.2, -0.15) is 0 Å². The Morgan fingerprint density at radius 2 is 1.59 bits per heavy atom. The highest BCUT2D eigenvalue weighted by Crippen LogP contribution is 2.30. The summed E-state index contributed by atoms with van der Waals surface area (Å²) in [6.45, 7) is 3.40. The van der Waals surface area contributed by atoms with Crippen LogP contribution in [0.2, 0.25) is 0 Å². The number of benzene rings is 4. The van der Waals surface area contributed by atoms with Gasteiger partial charge in [0, 0.05) is 59.7 Å². The molecule has 0 aliphatic carbocycles. The molecule has 1 aliphatic rings. The van der Waals surface area contributed by atoms with E-state index in [-0.39, 0.29) is 27.9 Å². The Kier molecular flexibility index (Phi) is 13.1. The number of hydrogen-bond acceptors (Lipinski definition) is 10. The molecule has 5 rings (SSSR count). The van der Waals surface area contributed by atoms with Crippen LogP contribution in [0.4, 0.5) is 17.1 Å². The molecular weight excluding hydrogens is 685 g/mol. The first kappa shape index (κ1) is 37.8. The quantitative estimate of drug-likeness (QED) is 0.0766. The van der Waals surface area contributed by atoms with Gasteiger partial charge in [0.15, 0.2) is 0 Å². The van der Waals surface area contributed by atoms with Crippen LogP contribution in [0.25, 0.3) is 0 Å². The first-order valence-corrected chi connectivity index (χ1v) is 19.5. The number of carbonyl (C=O) groups excluding carboxylic acids is 1. The van der Waals surface area contributed by atoms with Crippen molar-refractivity contribution in [3.05, 3.63) is 124 Å². The second-order valence-corrected chi connectivity index (χ2v) is 15.9. The van der Waals surface area contributed by atoms with E-state index in [1.165, 1.54) is 17.7 Å². The molecule has 11 nitrogen and oxygen atoms in total. The van der Waals surface area contributed by atoms with Gasteiger partial charge in [-0.15, -0.1) is 11.8 Å². The van der Waals surface area contributed by atoms with E-state index in [0.717, 1.165) is 55.7 Å². The number of hydrogen-bond donors (Lipinski definition) is 2. The molecule has 1 fully saturated rings. The molecule has 0 bridgehead atoms. The van der Waals surface area contributed by atoms with Crippen LogP contribution in [0.5, 0.6) is 0 Å². The summed E-state index contributed by atoms with van der Waals surface area (Å²) in [7, 11) is 1.68. The fourth-order valence-electron chi connectivity index (χ4n) is 6.13. The number of amides is 1. The molecule has 1 saturated heterocycles. The number of anilines is 2. The Hall–Kier alpha value is -4.43. The van der Waals surface area contributed by atoms with Gasteiger partial charge in [-0.1, -0.05) is 48.5 Å². The lowest BCUT2D eigenvalue weighted by molar-refractivity contribution is -0.384. The largest absolute Gasteiger partial charge is 0.376 e. The van der Waals surface area contributed by atoms with Crippen LogP contribution < -0.4 is 14.9 Å². The van der Waals surface area contributed by atoms with Crippen molar-refractivity contribution in [2.45, 2.75) is 47.7 Å². The second-order valence-electron chi connectivity index (χ2n) is 13.1. The molecule has 2 N–H and O–H groups in total. The molecule has 1 amide bonds. The summed E-state index contributed by atoms with van der Waals surface area (Å²) < 4.78 is 28.6. The Labute approximate surface area is 305 Å². The summed E-state index contributed by atoms with van der Waals surface area (Å²) in [6.07, 6.45) is 2.73. The van der Waals surface area contributed by atoms with Crippen LogP contribution in [0.3, 0.4) is 0 Å². The predicted molar refractivity (Wildman–Crippen MR) is 205 cm³/mol. The number of piperidine rings is 1. The van der Waals surface area contributed by atoms with Crippen molar-refractivity contribution >= 4 is 44.8 Å². The number of nitro groups is 1. The maximum Gasteiger partial charge on any atom is 0.293 e. The lowest BCUT2D eigenvalue weighted by atomic mass is 10.0. The SMILES string of the molecule is CN(C)CCC(CSc1ccccc1)Nc1ccc(S(=O)(=O)NC(=O)c2ccc(N3CCC(N(C)Cc4ccccc4)CC3)cc2)cc1[N+](=O)[O-]. The maximum atomic E-state index is 13.3. The highest BCUT2D eigenvalue weighted by Gasteiger charge is 2.26. The van der Waals surface area contributed by atoms with Gasteiger partial charge >= 0.3 is 0 Å². The molecule has 0 spiro atoms. The van der Waals surface area contributed by atoms with Crippen LogP contribution in [0.15, 0.2) is 113 Å². The van der Waals surface area contributed by atoms with E-state index in [2.05, 4.69) is 51.2 Å². The standard InChI is InChI=1S/C38H46N6O5S2/c1-41(2)23-20-31(28-50-34-12-8-5-9-13-34)39-36-19-18-35(26-37(36)44(46)47)51(48,49)40-38(45)30-14-16-33(17-15-30)43-24-21-32(22-25-43)42(3)27-29-10-6-4-7-11-29/h4-19,26,31-32,39H,20-25,27-28H2,1-3H3,(H,40,45). The maximum absolute atomic E-state index is 13.3. The number of carbonyl (C=O) groups is 1. The van der Waals surface area contributed by atoms with E-state index >= 15 is 0 Å². The molecule has 51 heavy (non-hydrogen) atoms. The monoisotopic (exact) mass is 730 g/mol. The molecule has 4 aromatic carbocycles. The molecule has 1 unspecified atom stereocenters. The van der Waals surface area contributed by atoms with Crippen LogP contribution in [0.1, 0.15) is 35.2 Å². The number of sulfonamides is 1. The first-order chi connectivity index (χ1) is 24.5. The molecular formula is C38H46N6O5S2. The minimum Gasteiger partial charge on any atom is -0.376 e. The van der Waals surface area contributed by atoms with E-state index in [9.17, 15) is 23.3 Å². The zero-order valence-electron chi connectivity index (χ0n) is 29.3. The molecule has 270 valence electrons. The van der Waals surface area contributed by atoms with Crippen molar-refractivity contribution in [1.29, 1.82) is 0 Å². The average molecular weight is 731 g/mol. The summed E-state index contributed by atoms with van der Waals surface area (Å²) in [5, 5.41) is 15.4. The van der Waals surface area contributed by atoms with Crippen molar-refractivity contribution < 1.29 is 18.1 Å². The molecule has 13 heteroatoms. The normalized spacial score (nSPS) is 14.4. The van der Waals surface area contributed by atoms with Gasteiger partial charge in [-0.3, -0.25) is 19.8 Å². The van der Waals surface area contributed by atoms with Gasteiger partial charge in [-0.05, 0) is 101 Å². The summed E-state index contributed by atoms with van der Waals surface area (Å²) in [5.41, 5.74) is 2.25. The van der Waals surface area contributed by atoms with Crippen LogP contribution in [-0.2, 0) is 16.6 Å². The Bertz CT molecular complexity index is 1850. The molecule has 0 radical (unpaired) electrons. The van der Waals surface area contributed by atoms with E-state index in [1.54, 1.807) is 23.9 Å². The van der Waals surface area contributed by atoms with Gasteiger partial charge in [0.1, 0.15) is 5.69 Å².